The smallest absolute Gasteiger partial charge is 0.171 e. The van der Waals surface area contributed by atoms with Gasteiger partial charge in [0.1, 0.15) is 11.3 Å². The Morgan fingerprint density at radius 3 is 2.52 bits per heavy atom. The minimum absolute atomic E-state index is 0.503. The lowest BCUT2D eigenvalue weighted by molar-refractivity contribution is 0.630. The van der Waals surface area contributed by atoms with E-state index in [1.165, 1.54) is 0 Å². The molecule has 0 aliphatic rings. The van der Waals surface area contributed by atoms with E-state index in [1.807, 2.05) is 44.2 Å². The van der Waals surface area contributed by atoms with E-state index >= 15 is 0 Å². The number of halogens is 1. The van der Waals surface area contributed by atoms with E-state index in [0.29, 0.717) is 16.4 Å². The summed E-state index contributed by atoms with van der Waals surface area (Å²) in [5.74, 6) is 0.715. The third kappa shape index (κ3) is 2.39. The molecule has 4 heteroatoms. The van der Waals surface area contributed by atoms with Gasteiger partial charge in [-0.05, 0) is 25.5 Å². The molecular weight excluding hydrogens is 284 g/mol. The van der Waals surface area contributed by atoms with Crippen LogP contribution in [-0.4, -0.2) is 4.98 Å². The molecule has 0 amide bonds. The fraction of sp³-hybridized carbons (Fsp3) is 0.176. The average molecular weight is 297 g/mol. The van der Waals surface area contributed by atoms with Gasteiger partial charge in [-0.25, -0.2) is 0 Å². The maximum absolute atomic E-state index is 9.17. The van der Waals surface area contributed by atoms with Crippen LogP contribution in [0, 0.1) is 11.3 Å². The second-order valence-electron chi connectivity index (χ2n) is 5.43. The molecule has 2 heterocycles. The molecule has 0 fully saturated rings. The Morgan fingerprint density at radius 2 is 1.90 bits per heavy atom. The van der Waals surface area contributed by atoms with Crippen LogP contribution in [0.3, 0.4) is 0 Å². The molecule has 0 radical (unpaired) electrons. The van der Waals surface area contributed by atoms with Crippen LogP contribution in [0.5, 0.6) is 0 Å². The first-order chi connectivity index (χ1) is 10.0. The van der Waals surface area contributed by atoms with E-state index in [-0.39, 0.29) is 0 Å². The van der Waals surface area contributed by atoms with Gasteiger partial charge in [0.25, 0.3) is 0 Å². The van der Waals surface area contributed by atoms with E-state index in [0.717, 1.165) is 16.6 Å². The number of rotatable bonds is 2. The van der Waals surface area contributed by atoms with Crippen molar-refractivity contribution >= 4 is 22.7 Å². The summed E-state index contributed by atoms with van der Waals surface area (Å²) in [6, 6.07) is 13.6. The largest absolute Gasteiger partial charge is 0.453 e. The molecular formula is C17H13ClN2O. The van der Waals surface area contributed by atoms with Crippen molar-refractivity contribution in [1.82, 2.24) is 4.98 Å². The molecule has 0 atom stereocenters. The highest BCUT2D eigenvalue weighted by Crippen LogP contribution is 2.32. The molecule has 3 rings (SSSR count). The Morgan fingerprint density at radius 1 is 1.19 bits per heavy atom. The van der Waals surface area contributed by atoms with Crippen LogP contribution in [0.2, 0.25) is 5.02 Å². The number of pyridine rings is 1. The lowest BCUT2D eigenvalue weighted by atomic mass is 9.86. The third-order valence-corrected chi connectivity index (χ3v) is 3.83. The van der Waals surface area contributed by atoms with Gasteiger partial charge in [-0.3, -0.25) is 4.98 Å². The number of benzene rings is 1. The van der Waals surface area contributed by atoms with Gasteiger partial charge in [-0.15, -0.1) is 0 Å². The number of furan rings is 1. The van der Waals surface area contributed by atoms with Gasteiger partial charge in [-0.1, -0.05) is 35.9 Å². The summed E-state index contributed by atoms with van der Waals surface area (Å²) in [4.78, 5) is 4.24. The Hall–Kier alpha value is -2.31. The SMILES string of the molecule is CC(C)(C#N)c1ccc(-c2cc3nccc(Cl)c3o2)cc1. The van der Waals surface area contributed by atoms with Gasteiger partial charge in [0.15, 0.2) is 5.58 Å². The van der Waals surface area contributed by atoms with Crippen LogP contribution in [-0.2, 0) is 5.41 Å². The van der Waals surface area contributed by atoms with Crippen molar-refractivity contribution in [3.05, 3.63) is 53.2 Å². The van der Waals surface area contributed by atoms with E-state index < -0.39 is 5.41 Å². The molecule has 1 aromatic carbocycles. The highest BCUT2D eigenvalue weighted by Gasteiger charge is 2.19. The summed E-state index contributed by atoms with van der Waals surface area (Å²) < 4.78 is 5.78. The molecule has 0 N–H and O–H groups in total. The number of nitrogens with zero attached hydrogens (tertiary/aromatic N) is 2. The predicted molar refractivity (Wildman–Crippen MR) is 83.1 cm³/mol. The summed E-state index contributed by atoms with van der Waals surface area (Å²) in [6.45, 7) is 3.79. The summed E-state index contributed by atoms with van der Waals surface area (Å²) in [5, 5.41) is 9.72. The van der Waals surface area contributed by atoms with Gasteiger partial charge in [0.05, 0.1) is 16.5 Å². The lowest BCUT2D eigenvalue weighted by Gasteiger charge is -2.15. The van der Waals surface area contributed by atoms with Gasteiger partial charge in [0, 0.05) is 17.8 Å². The minimum Gasteiger partial charge on any atom is -0.453 e. The van der Waals surface area contributed by atoms with Crippen molar-refractivity contribution in [2.75, 3.05) is 0 Å². The van der Waals surface area contributed by atoms with Gasteiger partial charge in [0.2, 0.25) is 0 Å². The van der Waals surface area contributed by atoms with Crippen LogP contribution >= 0.6 is 11.6 Å². The first-order valence-electron chi connectivity index (χ1n) is 6.57. The Labute approximate surface area is 127 Å². The maximum atomic E-state index is 9.17. The Balaban J connectivity index is 2.04. The van der Waals surface area contributed by atoms with E-state index in [9.17, 15) is 0 Å². The number of aromatic nitrogens is 1. The molecule has 0 aliphatic heterocycles. The predicted octanol–water partition coefficient (Wildman–Crippen LogP) is 4.95. The highest BCUT2D eigenvalue weighted by molar-refractivity contribution is 6.34. The standard InChI is InChI=1S/C17H13ClN2O/c1-17(2,10-19)12-5-3-11(4-6-12)15-9-14-16(21-15)13(18)7-8-20-14/h3-9H,1-2H3. The summed E-state index contributed by atoms with van der Waals surface area (Å²) >= 11 is 6.09. The van der Waals surface area contributed by atoms with Crippen molar-refractivity contribution in [2.45, 2.75) is 19.3 Å². The summed E-state index contributed by atoms with van der Waals surface area (Å²) in [5.41, 5.74) is 2.73. The van der Waals surface area contributed by atoms with Crippen molar-refractivity contribution in [1.29, 1.82) is 5.26 Å². The zero-order valence-corrected chi connectivity index (χ0v) is 12.5. The Bertz CT molecular complexity index is 841. The number of nitriles is 1. The highest BCUT2D eigenvalue weighted by atomic mass is 35.5. The molecule has 0 spiro atoms. The topological polar surface area (TPSA) is 49.8 Å². The fourth-order valence-corrected chi connectivity index (χ4v) is 2.36. The van der Waals surface area contributed by atoms with Crippen LogP contribution in [0.25, 0.3) is 22.4 Å². The summed E-state index contributed by atoms with van der Waals surface area (Å²) in [6.07, 6.45) is 1.66. The van der Waals surface area contributed by atoms with E-state index in [4.69, 9.17) is 21.3 Å². The third-order valence-electron chi connectivity index (χ3n) is 3.53. The zero-order chi connectivity index (χ0) is 15.0. The second kappa shape index (κ2) is 4.91. The van der Waals surface area contributed by atoms with Crippen molar-refractivity contribution in [3.8, 4) is 17.4 Å². The lowest BCUT2D eigenvalue weighted by Crippen LogP contribution is -2.13. The maximum Gasteiger partial charge on any atom is 0.171 e. The normalized spacial score (nSPS) is 11.5. The number of hydrogen-bond acceptors (Lipinski definition) is 3. The minimum atomic E-state index is -0.503. The summed E-state index contributed by atoms with van der Waals surface area (Å²) in [7, 11) is 0. The molecule has 0 aliphatic carbocycles. The van der Waals surface area contributed by atoms with Crippen LogP contribution in [0.15, 0.2) is 47.0 Å². The van der Waals surface area contributed by atoms with E-state index in [2.05, 4.69) is 11.1 Å². The van der Waals surface area contributed by atoms with Crippen LogP contribution < -0.4 is 0 Å². The molecule has 3 aromatic rings. The first-order valence-corrected chi connectivity index (χ1v) is 6.95. The molecule has 0 saturated carbocycles. The van der Waals surface area contributed by atoms with Gasteiger partial charge < -0.3 is 4.42 Å². The monoisotopic (exact) mass is 296 g/mol. The van der Waals surface area contributed by atoms with Crippen LogP contribution in [0.1, 0.15) is 19.4 Å². The fourth-order valence-electron chi connectivity index (χ4n) is 2.17. The average Bonchev–Trinajstić information content (AvgIpc) is 2.93. The zero-order valence-electron chi connectivity index (χ0n) is 11.7. The number of fused-ring (bicyclic) bond motifs is 1. The molecule has 2 aromatic heterocycles. The van der Waals surface area contributed by atoms with Crippen molar-refractivity contribution in [3.63, 3.8) is 0 Å². The van der Waals surface area contributed by atoms with Gasteiger partial charge >= 0.3 is 0 Å². The van der Waals surface area contributed by atoms with Gasteiger partial charge in [-0.2, -0.15) is 5.26 Å². The quantitative estimate of drug-likeness (QED) is 0.672. The molecule has 104 valence electrons. The molecule has 3 nitrogen and oxygen atoms in total. The molecule has 0 bridgehead atoms. The van der Waals surface area contributed by atoms with Crippen molar-refractivity contribution < 1.29 is 4.42 Å². The molecule has 0 unspecified atom stereocenters. The molecule has 21 heavy (non-hydrogen) atoms. The molecule has 0 saturated heterocycles. The Kier molecular flexibility index (Phi) is 3.19. The second-order valence-corrected chi connectivity index (χ2v) is 5.84. The van der Waals surface area contributed by atoms with Crippen molar-refractivity contribution in [2.24, 2.45) is 0 Å². The van der Waals surface area contributed by atoms with Crippen LogP contribution in [0.4, 0.5) is 0 Å². The first kappa shape index (κ1) is 13.7. The van der Waals surface area contributed by atoms with E-state index in [1.54, 1.807) is 12.3 Å². The number of hydrogen-bond donors (Lipinski definition) is 0.